The first-order chi connectivity index (χ1) is 13.6. The highest BCUT2D eigenvalue weighted by molar-refractivity contribution is 5.97. The van der Waals surface area contributed by atoms with Gasteiger partial charge in [0.05, 0.1) is 18.4 Å². The van der Waals surface area contributed by atoms with Gasteiger partial charge in [0.15, 0.2) is 5.96 Å². The number of carbonyl (C=O) groups is 2. The second kappa shape index (κ2) is 9.57. The third kappa shape index (κ3) is 5.24. The molecule has 9 heteroatoms. The van der Waals surface area contributed by atoms with E-state index in [9.17, 15) is 9.59 Å². The highest BCUT2D eigenvalue weighted by Gasteiger charge is 2.25. The minimum Gasteiger partial charge on any atom is -0.367 e. The van der Waals surface area contributed by atoms with E-state index in [0.29, 0.717) is 32.4 Å². The molecule has 1 unspecified atom stereocenters. The molecule has 9 nitrogen and oxygen atoms in total. The van der Waals surface area contributed by atoms with Crippen LogP contribution in [0.1, 0.15) is 39.0 Å². The van der Waals surface area contributed by atoms with Gasteiger partial charge in [0, 0.05) is 58.3 Å². The lowest BCUT2D eigenvalue weighted by Crippen LogP contribution is -2.51. The van der Waals surface area contributed by atoms with Crippen LogP contribution < -0.4 is 15.5 Å². The van der Waals surface area contributed by atoms with Crippen LogP contribution in [0.2, 0.25) is 0 Å². The number of guanidine groups is 1. The number of hydrogen-bond acceptors (Lipinski definition) is 5. The van der Waals surface area contributed by atoms with Crippen molar-refractivity contribution in [3.8, 4) is 0 Å². The molecular formula is C19H31N7O2. The van der Waals surface area contributed by atoms with Gasteiger partial charge >= 0.3 is 0 Å². The van der Waals surface area contributed by atoms with Gasteiger partial charge in [-0.2, -0.15) is 5.10 Å². The molecule has 2 aliphatic heterocycles. The topological polar surface area (TPSA) is 94.9 Å². The number of imide groups is 1. The summed E-state index contributed by atoms with van der Waals surface area (Å²) in [6, 6.07) is 0.282. The Bertz CT molecular complexity index is 699. The molecule has 0 aromatic carbocycles. The molecule has 0 spiro atoms. The Labute approximate surface area is 166 Å². The van der Waals surface area contributed by atoms with Crippen molar-refractivity contribution in [1.82, 2.24) is 25.3 Å². The van der Waals surface area contributed by atoms with Crippen LogP contribution in [0.3, 0.4) is 0 Å². The molecule has 1 aromatic heterocycles. The summed E-state index contributed by atoms with van der Waals surface area (Å²) in [5.74, 6) is 0.574. The summed E-state index contributed by atoms with van der Waals surface area (Å²) in [6.07, 6.45) is 7.69. The van der Waals surface area contributed by atoms with Crippen LogP contribution in [0, 0.1) is 0 Å². The number of aromatic nitrogens is 2. The van der Waals surface area contributed by atoms with Gasteiger partial charge in [0.25, 0.3) is 0 Å². The maximum atomic E-state index is 11.9. The summed E-state index contributed by atoms with van der Waals surface area (Å²) in [5.41, 5.74) is 1.14. The van der Waals surface area contributed by atoms with E-state index < -0.39 is 0 Å². The number of piperidine rings is 2. The minimum absolute atomic E-state index is 0.0798. The van der Waals surface area contributed by atoms with Gasteiger partial charge in [0.1, 0.15) is 0 Å². The Kier molecular flexibility index (Phi) is 6.89. The van der Waals surface area contributed by atoms with Crippen molar-refractivity contribution in [2.24, 2.45) is 12.0 Å². The number of amides is 2. The summed E-state index contributed by atoms with van der Waals surface area (Å²) < 4.78 is 1.82. The van der Waals surface area contributed by atoms with E-state index in [-0.39, 0.29) is 17.9 Å². The zero-order valence-corrected chi connectivity index (χ0v) is 16.9. The molecule has 2 saturated heterocycles. The summed E-state index contributed by atoms with van der Waals surface area (Å²) in [6.45, 7) is 5.45. The molecule has 3 rings (SSSR count). The third-order valence-electron chi connectivity index (χ3n) is 5.14. The van der Waals surface area contributed by atoms with E-state index in [2.05, 4.69) is 25.6 Å². The average Bonchev–Trinajstić information content (AvgIpc) is 3.11. The van der Waals surface area contributed by atoms with Crippen LogP contribution in [-0.4, -0.2) is 71.2 Å². The van der Waals surface area contributed by atoms with Crippen molar-refractivity contribution in [3.05, 3.63) is 12.4 Å². The van der Waals surface area contributed by atoms with E-state index in [0.717, 1.165) is 44.1 Å². The Hall–Kier alpha value is -2.58. The van der Waals surface area contributed by atoms with Crippen molar-refractivity contribution < 1.29 is 9.59 Å². The lowest BCUT2D eigenvalue weighted by atomic mass is 10.1. The fourth-order valence-corrected chi connectivity index (χ4v) is 3.73. The molecule has 0 saturated carbocycles. The molecule has 2 N–H and O–H groups in total. The fourth-order valence-electron chi connectivity index (χ4n) is 3.73. The van der Waals surface area contributed by atoms with Crippen molar-refractivity contribution in [1.29, 1.82) is 0 Å². The van der Waals surface area contributed by atoms with Crippen LogP contribution in [-0.2, 0) is 16.6 Å². The monoisotopic (exact) mass is 389 g/mol. The highest BCUT2D eigenvalue weighted by Crippen LogP contribution is 2.19. The highest BCUT2D eigenvalue weighted by atomic mass is 16.2. The van der Waals surface area contributed by atoms with Crippen LogP contribution in [0.4, 0.5) is 5.69 Å². The number of likely N-dealkylation sites (tertiary alicyclic amines) is 1. The van der Waals surface area contributed by atoms with Gasteiger partial charge in [-0.15, -0.1) is 0 Å². The van der Waals surface area contributed by atoms with Crippen molar-refractivity contribution in [3.63, 3.8) is 0 Å². The first kappa shape index (κ1) is 20.2. The van der Waals surface area contributed by atoms with E-state index in [4.69, 9.17) is 0 Å². The lowest BCUT2D eigenvalue weighted by molar-refractivity contribution is -0.147. The predicted octanol–water partition coefficient (Wildman–Crippen LogP) is 0.483. The van der Waals surface area contributed by atoms with Crippen molar-refractivity contribution in [2.45, 2.75) is 45.1 Å². The number of aliphatic imine (C=N–C) groups is 1. The van der Waals surface area contributed by atoms with Gasteiger partial charge in [0.2, 0.25) is 11.8 Å². The van der Waals surface area contributed by atoms with Crippen molar-refractivity contribution in [2.75, 3.05) is 37.6 Å². The molecule has 28 heavy (non-hydrogen) atoms. The number of anilines is 1. The Morgan fingerprint density at radius 2 is 2.07 bits per heavy atom. The first-order valence-corrected chi connectivity index (χ1v) is 10.2. The number of nitrogens with one attached hydrogen (secondary N) is 2. The number of rotatable bonds is 6. The zero-order chi connectivity index (χ0) is 19.9. The Balaban J connectivity index is 1.55. The molecule has 2 aliphatic rings. The number of aryl methyl sites for hydroxylation is 1. The molecule has 0 radical (unpaired) electrons. The molecule has 2 amide bonds. The summed E-state index contributed by atoms with van der Waals surface area (Å²) >= 11 is 0. The SMILES string of the molecule is CCNC(=NCCN1C(=O)CCCC1=O)NC1CCCN(c2cnn(C)c2)C1. The van der Waals surface area contributed by atoms with Gasteiger partial charge in [-0.1, -0.05) is 0 Å². The zero-order valence-electron chi connectivity index (χ0n) is 16.9. The van der Waals surface area contributed by atoms with Crippen LogP contribution in [0.15, 0.2) is 17.4 Å². The average molecular weight is 390 g/mol. The van der Waals surface area contributed by atoms with E-state index in [1.165, 1.54) is 4.90 Å². The summed E-state index contributed by atoms with van der Waals surface area (Å²) in [7, 11) is 1.93. The fraction of sp³-hybridized carbons (Fsp3) is 0.684. The molecule has 1 atom stereocenters. The second-order valence-electron chi connectivity index (χ2n) is 7.36. The summed E-state index contributed by atoms with van der Waals surface area (Å²) in [5, 5.41) is 11.0. The normalized spacial score (nSPS) is 21.2. The van der Waals surface area contributed by atoms with E-state index in [1.54, 1.807) is 0 Å². The molecule has 154 valence electrons. The lowest BCUT2D eigenvalue weighted by Gasteiger charge is -2.34. The predicted molar refractivity (Wildman–Crippen MR) is 108 cm³/mol. The Morgan fingerprint density at radius 1 is 1.29 bits per heavy atom. The van der Waals surface area contributed by atoms with Crippen molar-refractivity contribution >= 4 is 23.5 Å². The number of hydrogen-bond donors (Lipinski definition) is 2. The third-order valence-corrected chi connectivity index (χ3v) is 5.14. The second-order valence-corrected chi connectivity index (χ2v) is 7.36. The van der Waals surface area contributed by atoms with Crippen LogP contribution >= 0.6 is 0 Å². The molecule has 1 aromatic rings. The number of nitrogens with zero attached hydrogens (tertiary/aromatic N) is 5. The number of carbonyl (C=O) groups excluding carboxylic acids is 2. The molecule has 0 bridgehead atoms. The van der Waals surface area contributed by atoms with Gasteiger partial charge in [-0.3, -0.25) is 24.2 Å². The molecule has 3 heterocycles. The molecule has 2 fully saturated rings. The summed E-state index contributed by atoms with van der Waals surface area (Å²) in [4.78, 5) is 32.1. The smallest absolute Gasteiger partial charge is 0.229 e. The maximum Gasteiger partial charge on any atom is 0.229 e. The minimum atomic E-state index is -0.0798. The Morgan fingerprint density at radius 3 is 2.75 bits per heavy atom. The molecular weight excluding hydrogens is 358 g/mol. The van der Waals surface area contributed by atoms with E-state index >= 15 is 0 Å². The van der Waals surface area contributed by atoms with Gasteiger partial charge < -0.3 is 15.5 Å². The van der Waals surface area contributed by atoms with Gasteiger partial charge in [-0.25, -0.2) is 0 Å². The van der Waals surface area contributed by atoms with Crippen LogP contribution in [0.25, 0.3) is 0 Å². The molecule has 0 aliphatic carbocycles. The quantitative estimate of drug-likeness (QED) is 0.418. The largest absolute Gasteiger partial charge is 0.367 e. The first-order valence-electron chi connectivity index (χ1n) is 10.2. The van der Waals surface area contributed by atoms with Gasteiger partial charge in [-0.05, 0) is 26.2 Å². The van der Waals surface area contributed by atoms with Crippen LogP contribution in [0.5, 0.6) is 0 Å². The standard InChI is InChI=1S/C19H31N7O2/c1-3-20-19(21-9-11-26-17(27)7-4-8-18(26)28)23-15-6-5-10-25(13-15)16-12-22-24(2)14-16/h12,14-15H,3-11,13H2,1-2H3,(H2,20,21,23). The van der Waals surface area contributed by atoms with E-state index in [1.807, 2.05) is 31.0 Å². The maximum absolute atomic E-state index is 11.9.